The van der Waals surface area contributed by atoms with Crippen LogP contribution in [0.4, 0.5) is 17.1 Å². The van der Waals surface area contributed by atoms with Gasteiger partial charge < -0.3 is 4.90 Å². The average molecular weight is 581 g/mol. The van der Waals surface area contributed by atoms with E-state index in [1.165, 1.54) is 37.0 Å². The second-order valence-corrected chi connectivity index (χ2v) is 12.0. The van der Waals surface area contributed by atoms with Crippen LogP contribution in [-0.4, -0.2) is 4.98 Å². The maximum Gasteiger partial charge on any atom is 0.0888 e. The number of fused-ring (bicyclic) bond motifs is 3. The maximum atomic E-state index is 4.86. The monoisotopic (exact) mass is 580 g/mol. The highest BCUT2D eigenvalue weighted by Crippen LogP contribution is 2.39. The Bertz CT molecular complexity index is 2100. The summed E-state index contributed by atoms with van der Waals surface area (Å²) in [6, 6.07) is 58.3. The normalized spacial score (nSPS) is 11.2. The third-order valence-electron chi connectivity index (χ3n) is 8.14. The molecule has 0 aliphatic heterocycles. The van der Waals surface area contributed by atoms with E-state index >= 15 is 0 Å². The van der Waals surface area contributed by atoms with Crippen molar-refractivity contribution in [2.75, 3.05) is 4.90 Å². The molecule has 8 aromatic rings. The lowest BCUT2D eigenvalue weighted by atomic mass is 10.0. The summed E-state index contributed by atoms with van der Waals surface area (Å²) >= 11 is 1.80. The third kappa shape index (κ3) is 4.94. The highest BCUT2D eigenvalue weighted by Gasteiger charge is 2.14. The highest BCUT2D eigenvalue weighted by molar-refractivity contribution is 7.25. The molecular formula is C41H28N2S. The topological polar surface area (TPSA) is 16.1 Å². The van der Waals surface area contributed by atoms with Gasteiger partial charge in [-0.1, -0.05) is 115 Å². The smallest absolute Gasteiger partial charge is 0.0888 e. The first kappa shape index (κ1) is 26.1. The first-order chi connectivity index (χ1) is 21.8. The fourth-order valence-electron chi connectivity index (χ4n) is 5.87. The van der Waals surface area contributed by atoms with E-state index in [4.69, 9.17) is 4.98 Å². The van der Waals surface area contributed by atoms with Crippen molar-refractivity contribution in [3.8, 4) is 33.4 Å². The number of rotatable bonds is 6. The van der Waals surface area contributed by atoms with Crippen molar-refractivity contribution in [2.24, 2.45) is 0 Å². The van der Waals surface area contributed by atoms with Crippen molar-refractivity contribution in [2.45, 2.75) is 0 Å². The number of hydrogen-bond donors (Lipinski definition) is 0. The van der Waals surface area contributed by atoms with Gasteiger partial charge in [-0.15, -0.1) is 11.3 Å². The van der Waals surface area contributed by atoms with Gasteiger partial charge in [0.15, 0.2) is 0 Å². The molecular weight excluding hydrogens is 553 g/mol. The Labute approximate surface area is 261 Å². The Morgan fingerprint density at radius 2 is 0.818 bits per heavy atom. The van der Waals surface area contributed by atoms with E-state index in [1.807, 2.05) is 6.20 Å². The van der Waals surface area contributed by atoms with Gasteiger partial charge in [-0.05, 0) is 76.3 Å². The number of anilines is 3. The van der Waals surface area contributed by atoms with Gasteiger partial charge in [0.2, 0.25) is 0 Å². The molecule has 2 nitrogen and oxygen atoms in total. The second kappa shape index (κ2) is 11.3. The molecule has 0 fully saturated rings. The standard InChI is InChI=1S/C41H28N2S/c1-3-9-29(10-4-1)31-15-21-35(22-16-31)43(36-23-17-32(18-24-36)30-11-5-2-6-12-30)37-25-19-33(20-26-37)34-27-40-41(42-28-34)38-13-7-8-14-39(38)44-40/h1-28H. The lowest BCUT2D eigenvalue weighted by Crippen LogP contribution is -2.09. The van der Waals surface area contributed by atoms with Crippen molar-refractivity contribution >= 4 is 48.7 Å². The summed E-state index contributed by atoms with van der Waals surface area (Å²) in [6.07, 6.45) is 2.00. The van der Waals surface area contributed by atoms with E-state index < -0.39 is 0 Å². The molecule has 208 valence electrons. The molecule has 0 unspecified atom stereocenters. The van der Waals surface area contributed by atoms with Gasteiger partial charge in [0.25, 0.3) is 0 Å². The Balaban J connectivity index is 1.16. The zero-order valence-corrected chi connectivity index (χ0v) is 24.8. The number of aromatic nitrogens is 1. The zero-order valence-electron chi connectivity index (χ0n) is 24.0. The minimum Gasteiger partial charge on any atom is -0.311 e. The molecule has 0 N–H and O–H groups in total. The lowest BCUT2D eigenvalue weighted by Gasteiger charge is -2.26. The Hall–Kier alpha value is -5.51. The number of nitrogens with zero attached hydrogens (tertiary/aromatic N) is 2. The van der Waals surface area contributed by atoms with E-state index in [1.54, 1.807) is 11.3 Å². The van der Waals surface area contributed by atoms with Crippen molar-refractivity contribution in [1.29, 1.82) is 0 Å². The van der Waals surface area contributed by atoms with Crippen LogP contribution in [0, 0.1) is 0 Å². The van der Waals surface area contributed by atoms with Crippen LogP contribution in [0.5, 0.6) is 0 Å². The second-order valence-electron chi connectivity index (χ2n) is 10.9. The van der Waals surface area contributed by atoms with Gasteiger partial charge in [-0.25, -0.2) is 0 Å². The number of benzene rings is 6. The van der Waals surface area contributed by atoms with Crippen LogP contribution in [0.1, 0.15) is 0 Å². The van der Waals surface area contributed by atoms with Gasteiger partial charge in [-0.2, -0.15) is 0 Å². The summed E-state index contributed by atoms with van der Waals surface area (Å²) < 4.78 is 2.49. The maximum absolute atomic E-state index is 4.86. The molecule has 2 heterocycles. The fraction of sp³-hybridized carbons (Fsp3) is 0. The molecule has 0 aliphatic rings. The molecule has 2 aromatic heterocycles. The molecule has 8 rings (SSSR count). The molecule has 0 saturated heterocycles. The van der Waals surface area contributed by atoms with Crippen LogP contribution in [0.25, 0.3) is 53.7 Å². The first-order valence-corrected chi connectivity index (χ1v) is 15.6. The fourth-order valence-corrected chi connectivity index (χ4v) is 6.97. The first-order valence-electron chi connectivity index (χ1n) is 14.8. The Morgan fingerprint density at radius 1 is 0.386 bits per heavy atom. The third-order valence-corrected chi connectivity index (χ3v) is 9.25. The van der Waals surface area contributed by atoms with Crippen molar-refractivity contribution in [3.05, 3.63) is 170 Å². The van der Waals surface area contributed by atoms with Crippen molar-refractivity contribution < 1.29 is 0 Å². The molecule has 0 amide bonds. The molecule has 44 heavy (non-hydrogen) atoms. The quantitative estimate of drug-likeness (QED) is 0.194. The van der Waals surface area contributed by atoms with Gasteiger partial charge in [-0.3, -0.25) is 4.98 Å². The van der Waals surface area contributed by atoms with Gasteiger partial charge >= 0.3 is 0 Å². The number of thiophene rings is 1. The Kier molecular flexibility index (Phi) is 6.71. The molecule has 6 aromatic carbocycles. The van der Waals surface area contributed by atoms with Crippen molar-refractivity contribution in [3.63, 3.8) is 0 Å². The van der Waals surface area contributed by atoms with Crippen LogP contribution in [0.3, 0.4) is 0 Å². The van der Waals surface area contributed by atoms with Gasteiger partial charge in [0.05, 0.1) is 10.2 Å². The summed E-state index contributed by atoms with van der Waals surface area (Å²) in [5.41, 5.74) is 11.5. The van der Waals surface area contributed by atoms with Crippen LogP contribution < -0.4 is 4.90 Å². The predicted molar refractivity (Wildman–Crippen MR) is 188 cm³/mol. The molecule has 0 bridgehead atoms. The highest BCUT2D eigenvalue weighted by atomic mass is 32.1. The van der Waals surface area contributed by atoms with E-state index in [0.717, 1.165) is 33.7 Å². The minimum absolute atomic E-state index is 1.08. The predicted octanol–water partition coefficient (Wildman–Crippen LogP) is 11.9. The van der Waals surface area contributed by atoms with E-state index in [0.29, 0.717) is 0 Å². The summed E-state index contributed by atoms with van der Waals surface area (Å²) in [6.45, 7) is 0. The van der Waals surface area contributed by atoms with Crippen LogP contribution >= 0.6 is 11.3 Å². The average Bonchev–Trinajstić information content (AvgIpc) is 3.48. The molecule has 0 spiro atoms. The van der Waals surface area contributed by atoms with Gasteiger partial charge in [0, 0.05) is 38.9 Å². The molecule has 3 heteroatoms. The minimum atomic E-state index is 1.08. The van der Waals surface area contributed by atoms with E-state index in [-0.39, 0.29) is 0 Å². The van der Waals surface area contributed by atoms with E-state index in [9.17, 15) is 0 Å². The van der Waals surface area contributed by atoms with Crippen LogP contribution in [0.2, 0.25) is 0 Å². The summed E-state index contributed by atoms with van der Waals surface area (Å²) in [7, 11) is 0. The van der Waals surface area contributed by atoms with Crippen LogP contribution in [0.15, 0.2) is 170 Å². The molecule has 0 radical (unpaired) electrons. The zero-order chi connectivity index (χ0) is 29.3. The van der Waals surface area contributed by atoms with E-state index in [2.05, 4.69) is 169 Å². The number of pyridine rings is 1. The van der Waals surface area contributed by atoms with Gasteiger partial charge in [0.1, 0.15) is 0 Å². The summed E-state index contributed by atoms with van der Waals surface area (Å²) in [5.74, 6) is 0. The molecule has 0 atom stereocenters. The summed E-state index contributed by atoms with van der Waals surface area (Å²) in [5, 5.41) is 1.22. The Morgan fingerprint density at radius 3 is 1.34 bits per heavy atom. The number of hydrogen-bond acceptors (Lipinski definition) is 3. The lowest BCUT2D eigenvalue weighted by molar-refractivity contribution is 1.28. The molecule has 0 aliphatic carbocycles. The van der Waals surface area contributed by atoms with Crippen molar-refractivity contribution in [1.82, 2.24) is 4.98 Å². The molecule has 0 saturated carbocycles. The largest absolute Gasteiger partial charge is 0.311 e. The van der Waals surface area contributed by atoms with Crippen LogP contribution in [-0.2, 0) is 0 Å². The SMILES string of the molecule is c1ccc(-c2ccc(N(c3ccc(-c4ccccc4)cc3)c3ccc(-c4cnc5c(c4)sc4ccccc45)cc3)cc2)cc1. The summed E-state index contributed by atoms with van der Waals surface area (Å²) in [4.78, 5) is 7.19.